The molecule has 0 saturated carbocycles. The Morgan fingerprint density at radius 3 is 2.75 bits per heavy atom. The minimum Gasteiger partial charge on any atom is -0.399 e. The Balaban J connectivity index is 1.99. The Morgan fingerprint density at radius 2 is 2.06 bits per heavy atom. The highest BCUT2D eigenvalue weighted by atomic mass is 32.2. The molecule has 0 atom stereocenters. The van der Waals surface area contributed by atoms with E-state index in [1.54, 1.807) is 11.8 Å². The molecule has 0 radical (unpaired) electrons. The zero-order valence-corrected chi connectivity index (χ0v) is 10.1. The van der Waals surface area contributed by atoms with Gasteiger partial charge in [0, 0.05) is 29.5 Å². The maximum atomic E-state index is 5.64. The number of thioether (sulfide) groups is 1. The van der Waals surface area contributed by atoms with E-state index in [0.29, 0.717) is 0 Å². The largest absolute Gasteiger partial charge is 0.399 e. The normalized spacial score (nSPS) is 10.6. The lowest BCUT2D eigenvalue weighted by atomic mass is 10.3. The summed E-state index contributed by atoms with van der Waals surface area (Å²) in [6.07, 6.45) is 3.86. The minimum absolute atomic E-state index is 0.805. The van der Waals surface area contributed by atoms with E-state index in [4.69, 9.17) is 5.73 Å². The van der Waals surface area contributed by atoms with Crippen molar-refractivity contribution in [3.8, 4) is 0 Å². The highest BCUT2D eigenvalue weighted by Crippen LogP contribution is 2.22. The number of rotatable bonds is 4. The Morgan fingerprint density at radius 1 is 1.31 bits per heavy atom. The van der Waals surface area contributed by atoms with E-state index in [1.807, 2.05) is 36.7 Å². The van der Waals surface area contributed by atoms with Crippen LogP contribution in [-0.2, 0) is 12.3 Å². The quantitative estimate of drug-likeness (QED) is 0.652. The summed E-state index contributed by atoms with van der Waals surface area (Å²) in [5, 5.41) is 0. The molecular formula is C12H15N3S. The Hall–Kier alpha value is -1.42. The maximum absolute atomic E-state index is 5.64. The van der Waals surface area contributed by atoms with Gasteiger partial charge in [-0.25, -0.2) is 4.98 Å². The number of aryl methyl sites for hydroxylation is 1. The molecule has 1 aromatic carbocycles. The zero-order valence-electron chi connectivity index (χ0n) is 9.26. The van der Waals surface area contributed by atoms with Crippen LogP contribution in [0.3, 0.4) is 0 Å². The summed E-state index contributed by atoms with van der Waals surface area (Å²) in [4.78, 5) is 5.56. The molecule has 0 amide bonds. The second-order valence-corrected chi connectivity index (χ2v) is 4.54. The molecule has 1 heterocycles. The van der Waals surface area contributed by atoms with Gasteiger partial charge in [-0.3, -0.25) is 0 Å². The number of anilines is 1. The molecule has 0 fully saturated rings. The molecule has 0 aliphatic heterocycles. The summed E-state index contributed by atoms with van der Waals surface area (Å²) in [7, 11) is 0. The van der Waals surface area contributed by atoms with Gasteiger partial charge in [0.25, 0.3) is 0 Å². The highest BCUT2D eigenvalue weighted by molar-refractivity contribution is 7.98. The standard InChI is InChI=1S/C12H15N3S/c1-2-15-8-7-14-12(15)9-16-11-5-3-10(13)4-6-11/h3-8H,2,9,13H2,1H3. The zero-order chi connectivity index (χ0) is 11.4. The number of aromatic nitrogens is 2. The molecule has 1 aromatic heterocycles. The van der Waals surface area contributed by atoms with Gasteiger partial charge in [-0.1, -0.05) is 0 Å². The van der Waals surface area contributed by atoms with Crippen molar-refractivity contribution in [3.05, 3.63) is 42.5 Å². The van der Waals surface area contributed by atoms with Crippen molar-refractivity contribution < 1.29 is 0 Å². The number of hydrogen-bond donors (Lipinski definition) is 1. The molecule has 84 valence electrons. The van der Waals surface area contributed by atoms with Crippen LogP contribution >= 0.6 is 11.8 Å². The summed E-state index contributed by atoms with van der Waals surface area (Å²) < 4.78 is 2.16. The first-order chi connectivity index (χ1) is 7.79. The fourth-order valence-corrected chi connectivity index (χ4v) is 2.34. The van der Waals surface area contributed by atoms with Crippen LogP contribution in [0.2, 0.25) is 0 Å². The number of nitrogens with zero attached hydrogens (tertiary/aromatic N) is 2. The van der Waals surface area contributed by atoms with Gasteiger partial charge in [-0.2, -0.15) is 0 Å². The van der Waals surface area contributed by atoms with Crippen molar-refractivity contribution in [2.24, 2.45) is 0 Å². The van der Waals surface area contributed by atoms with Crippen LogP contribution in [-0.4, -0.2) is 9.55 Å². The molecule has 16 heavy (non-hydrogen) atoms. The van der Waals surface area contributed by atoms with E-state index in [1.165, 1.54) is 4.90 Å². The van der Waals surface area contributed by atoms with Crippen molar-refractivity contribution in [2.45, 2.75) is 24.1 Å². The minimum atomic E-state index is 0.805. The van der Waals surface area contributed by atoms with Crippen molar-refractivity contribution in [2.75, 3.05) is 5.73 Å². The Bertz CT molecular complexity index is 448. The predicted octanol–water partition coefficient (Wildman–Crippen LogP) is 2.78. The van der Waals surface area contributed by atoms with Crippen molar-refractivity contribution in [1.82, 2.24) is 9.55 Å². The maximum Gasteiger partial charge on any atom is 0.119 e. The van der Waals surface area contributed by atoms with Gasteiger partial charge >= 0.3 is 0 Å². The Kier molecular flexibility index (Phi) is 3.51. The molecule has 4 heteroatoms. The lowest BCUT2D eigenvalue weighted by Crippen LogP contribution is -1.98. The molecule has 0 aliphatic carbocycles. The highest BCUT2D eigenvalue weighted by Gasteiger charge is 2.01. The van der Waals surface area contributed by atoms with Gasteiger partial charge in [0.1, 0.15) is 5.82 Å². The summed E-state index contributed by atoms with van der Waals surface area (Å²) in [5.74, 6) is 2.01. The van der Waals surface area contributed by atoms with Crippen molar-refractivity contribution in [3.63, 3.8) is 0 Å². The third-order valence-electron chi connectivity index (χ3n) is 2.39. The second-order valence-electron chi connectivity index (χ2n) is 3.49. The molecule has 3 nitrogen and oxygen atoms in total. The second kappa shape index (κ2) is 5.07. The lowest BCUT2D eigenvalue weighted by molar-refractivity contribution is 0.726. The average Bonchev–Trinajstić information content (AvgIpc) is 2.76. The van der Waals surface area contributed by atoms with Gasteiger partial charge in [0.15, 0.2) is 0 Å². The van der Waals surface area contributed by atoms with Crippen LogP contribution in [0.4, 0.5) is 5.69 Å². The molecule has 2 N–H and O–H groups in total. The molecule has 0 spiro atoms. The SMILES string of the molecule is CCn1ccnc1CSc1ccc(N)cc1. The summed E-state index contributed by atoms with van der Waals surface area (Å²) >= 11 is 1.78. The van der Waals surface area contributed by atoms with Crippen LogP contribution < -0.4 is 5.73 Å². The van der Waals surface area contributed by atoms with E-state index in [2.05, 4.69) is 16.5 Å². The van der Waals surface area contributed by atoms with Crippen LogP contribution in [0.5, 0.6) is 0 Å². The molecule has 0 bridgehead atoms. The van der Waals surface area contributed by atoms with Gasteiger partial charge in [0.2, 0.25) is 0 Å². The van der Waals surface area contributed by atoms with Gasteiger partial charge in [0.05, 0.1) is 5.75 Å². The first kappa shape index (κ1) is 11.1. The van der Waals surface area contributed by atoms with Gasteiger partial charge in [-0.15, -0.1) is 11.8 Å². The summed E-state index contributed by atoms with van der Waals surface area (Å²) in [5.41, 5.74) is 6.44. The first-order valence-electron chi connectivity index (χ1n) is 5.28. The number of benzene rings is 1. The van der Waals surface area contributed by atoms with Gasteiger partial charge < -0.3 is 10.3 Å². The first-order valence-corrected chi connectivity index (χ1v) is 6.26. The number of nitrogen functional groups attached to an aromatic ring is 1. The van der Waals surface area contributed by atoms with Gasteiger partial charge in [-0.05, 0) is 31.2 Å². The summed E-state index contributed by atoms with van der Waals surface area (Å²) in [6, 6.07) is 7.93. The molecule has 0 aliphatic rings. The molecular weight excluding hydrogens is 218 g/mol. The van der Waals surface area contributed by atoms with E-state index in [-0.39, 0.29) is 0 Å². The molecule has 0 saturated heterocycles. The predicted molar refractivity (Wildman–Crippen MR) is 68.3 cm³/mol. The number of nitrogens with two attached hydrogens (primary N) is 1. The number of imidazole rings is 1. The molecule has 2 rings (SSSR count). The van der Waals surface area contributed by atoms with E-state index in [9.17, 15) is 0 Å². The molecule has 0 unspecified atom stereocenters. The topological polar surface area (TPSA) is 43.8 Å². The lowest BCUT2D eigenvalue weighted by Gasteiger charge is -2.04. The van der Waals surface area contributed by atoms with Crippen molar-refractivity contribution in [1.29, 1.82) is 0 Å². The van der Waals surface area contributed by atoms with E-state index in [0.717, 1.165) is 23.8 Å². The fraction of sp³-hybridized carbons (Fsp3) is 0.250. The Labute approximate surface area is 99.7 Å². The van der Waals surface area contributed by atoms with Crippen molar-refractivity contribution >= 4 is 17.4 Å². The van der Waals surface area contributed by atoms with Crippen LogP contribution in [0.25, 0.3) is 0 Å². The third kappa shape index (κ3) is 2.58. The van der Waals surface area contributed by atoms with Crippen LogP contribution in [0, 0.1) is 0 Å². The fourth-order valence-electron chi connectivity index (χ4n) is 1.48. The molecule has 2 aromatic rings. The number of hydrogen-bond acceptors (Lipinski definition) is 3. The monoisotopic (exact) mass is 233 g/mol. The van der Waals surface area contributed by atoms with Crippen LogP contribution in [0.15, 0.2) is 41.6 Å². The third-order valence-corrected chi connectivity index (χ3v) is 3.40. The summed E-state index contributed by atoms with van der Waals surface area (Å²) in [6.45, 7) is 3.09. The van der Waals surface area contributed by atoms with E-state index >= 15 is 0 Å². The average molecular weight is 233 g/mol. The van der Waals surface area contributed by atoms with E-state index < -0.39 is 0 Å². The van der Waals surface area contributed by atoms with Crippen LogP contribution in [0.1, 0.15) is 12.7 Å². The smallest absolute Gasteiger partial charge is 0.119 e.